The third-order valence-electron chi connectivity index (χ3n) is 2.69. The van der Waals surface area contributed by atoms with Crippen LogP contribution in [0.2, 0.25) is 5.02 Å². The quantitative estimate of drug-likeness (QED) is 0.861. The number of benzene rings is 1. The van der Waals surface area contributed by atoms with Crippen molar-refractivity contribution in [1.29, 1.82) is 0 Å². The molecule has 0 unspecified atom stereocenters. The van der Waals surface area contributed by atoms with E-state index in [9.17, 15) is 9.90 Å². The highest BCUT2D eigenvalue weighted by molar-refractivity contribution is 6.31. The van der Waals surface area contributed by atoms with E-state index in [2.05, 4.69) is 5.32 Å². The van der Waals surface area contributed by atoms with Crippen molar-refractivity contribution in [2.45, 2.75) is 31.5 Å². The molecule has 1 aliphatic carbocycles. The molecule has 0 saturated heterocycles. The van der Waals surface area contributed by atoms with Crippen LogP contribution in [0.15, 0.2) is 24.3 Å². The van der Waals surface area contributed by atoms with Gasteiger partial charge in [0.05, 0.1) is 6.10 Å². The van der Waals surface area contributed by atoms with Gasteiger partial charge in [0, 0.05) is 18.0 Å². The summed E-state index contributed by atoms with van der Waals surface area (Å²) in [5, 5.41) is 13.0. The molecular formula is C13H16ClNO3. The van der Waals surface area contributed by atoms with E-state index >= 15 is 0 Å². The van der Waals surface area contributed by atoms with Crippen LogP contribution in [0.1, 0.15) is 18.4 Å². The van der Waals surface area contributed by atoms with E-state index in [1.54, 1.807) is 6.07 Å². The third-order valence-corrected chi connectivity index (χ3v) is 3.06. The molecule has 2 N–H and O–H groups in total. The molecule has 1 atom stereocenters. The van der Waals surface area contributed by atoms with Gasteiger partial charge in [-0.1, -0.05) is 29.8 Å². The van der Waals surface area contributed by atoms with Crippen molar-refractivity contribution in [3.8, 4) is 0 Å². The topological polar surface area (TPSA) is 58.6 Å². The Morgan fingerprint density at radius 3 is 2.89 bits per heavy atom. The normalized spacial score (nSPS) is 16.1. The van der Waals surface area contributed by atoms with Crippen LogP contribution in [-0.2, 0) is 11.2 Å². The lowest BCUT2D eigenvalue weighted by Crippen LogP contribution is -2.34. The van der Waals surface area contributed by atoms with Gasteiger partial charge >= 0.3 is 6.09 Å². The molecule has 1 amide bonds. The maximum absolute atomic E-state index is 11.2. The molecule has 0 spiro atoms. The van der Waals surface area contributed by atoms with Gasteiger partial charge in [0.1, 0.15) is 6.10 Å². The summed E-state index contributed by atoms with van der Waals surface area (Å²) in [5.41, 5.74) is 0.865. The molecule has 1 aliphatic rings. The van der Waals surface area contributed by atoms with Gasteiger partial charge in [-0.3, -0.25) is 0 Å². The van der Waals surface area contributed by atoms with E-state index in [1.807, 2.05) is 18.2 Å². The molecular weight excluding hydrogens is 254 g/mol. The molecule has 1 aromatic carbocycles. The molecule has 98 valence electrons. The molecule has 5 heteroatoms. The van der Waals surface area contributed by atoms with Crippen molar-refractivity contribution < 1.29 is 14.6 Å². The fourth-order valence-corrected chi connectivity index (χ4v) is 1.78. The minimum absolute atomic E-state index is 0.0747. The van der Waals surface area contributed by atoms with Crippen LogP contribution in [0.5, 0.6) is 0 Å². The summed E-state index contributed by atoms with van der Waals surface area (Å²) in [6, 6.07) is 7.33. The first kappa shape index (κ1) is 13.2. The van der Waals surface area contributed by atoms with Gasteiger partial charge in [-0.05, 0) is 24.5 Å². The second-order valence-corrected chi connectivity index (χ2v) is 4.84. The first-order valence-electron chi connectivity index (χ1n) is 6.01. The number of hydrogen-bond acceptors (Lipinski definition) is 3. The largest absolute Gasteiger partial charge is 0.446 e. The number of aliphatic hydroxyl groups excluding tert-OH is 1. The molecule has 0 heterocycles. The molecule has 0 aliphatic heterocycles. The lowest BCUT2D eigenvalue weighted by molar-refractivity contribution is 0.125. The Kier molecular flexibility index (Phi) is 4.44. The predicted octanol–water partition coefficient (Wildman–Crippen LogP) is 2.13. The van der Waals surface area contributed by atoms with Gasteiger partial charge < -0.3 is 15.2 Å². The molecule has 1 saturated carbocycles. The van der Waals surface area contributed by atoms with Gasteiger partial charge in [-0.2, -0.15) is 0 Å². The average Bonchev–Trinajstić information content (AvgIpc) is 3.13. The van der Waals surface area contributed by atoms with E-state index in [1.165, 1.54) is 0 Å². The van der Waals surface area contributed by atoms with E-state index in [0.717, 1.165) is 18.4 Å². The molecule has 18 heavy (non-hydrogen) atoms. The molecule has 0 bridgehead atoms. The van der Waals surface area contributed by atoms with Crippen LogP contribution >= 0.6 is 11.6 Å². The van der Waals surface area contributed by atoms with Crippen LogP contribution in [-0.4, -0.2) is 30.0 Å². The summed E-state index contributed by atoms with van der Waals surface area (Å²) < 4.78 is 5.00. The summed E-state index contributed by atoms with van der Waals surface area (Å²) in [5.74, 6) is 0. The number of aliphatic hydroxyl groups is 1. The maximum Gasteiger partial charge on any atom is 0.407 e. The second kappa shape index (κ2) is 6.07. The summed E-state index contributed by atoms with van der Waals surface area (Å²) in [7, 11) is 0. The smallest absolute Gasteiger partial charge is 0.407 e. The maximum atomic E-state index is 11.2. The van der Waals surface area contributed by atoms with Gasteiger partial charge in [-0.25, -0.2) is 4.79 Å². The highest BCUT2D eigenvalue weighted by Crippen LogP contribution is 2.23. The molecule has 0 aromatic heterocycles. The Bertz CT molecular complexity index is 420. The molecule has 4 nitrogen and oxygen atoms in total. The monoisotopic (exact) mass is 269 g/mol. The first-order chi connectivity index (χ1) is 8.65. The van der Waals surface area contributed by atoms with Crippen molar-refractivity contribution in [3.63, 3.8) is 0 Å². The molecule has 1 aromatic rings. The van der Waals surface area contributed by atoms with Gasteiger partial charge in [0.25, 0.3) is 0 Å². The van der Waals surface area contributed by atoms with Crippen LogP contribution in [0.4, 0.5) is 4.79 Å². The van der Waals surface area contributed by atoms with Crippen LogP contribution in [0, 0.1) is 0 Å². The highest BCUT2D eigenvalue weighted by atomic mass is 35.5. The van der Waals surface area contributed by atoms with Crippen molar-refractivity contribution in [2.75, 3.05) is 6.54 Å². The SMILES string of the molecule is O=C(NC[C@@H](O)Cc1ccccc1Cl)OC1CC1. The zero-order valence-corrected chi connectivity index (χ0v) is 10.7. The van der Waals surface area contributed by atoms with E-state index in [0.29, 0.717) is 11.4 Å². The summed E-state index contributed by atoms with van der Waals surface area (Å²) in [4.78, 5) is 11.2. The van der Waals surface area contributed by atoms with Crippen molar-refractivity contribution in [2.24, 2.45) is 0 Å². The fraction of sp³-hybridized carbons (Fsp3) is 0.462. The zero-order valence-electron chi connectivity index (χ0n) is 9.93. The molecule has 1 fully saturated rings. The third kappa shape index (κ3) is 4.20. The standard InChI is InChI=1S/C13H16ClNO3/c14-12-4-2-1-3-9(12)7-10(16)8-15-13(17)18-11-5-6-11/h1-4,10-11,16H,5-8H2,(H,15,17)/t10-/m0/s1. The van der Waals surface area contributed by atoms with Crippen LogP contribution in [0.3, 0.4) is 0 Å². The van der Waals surface area contributed by atoms with E-state index in [4.69, 9.17) is 16.3 Å². The Morgan fingerprint density at radius 1 is 1.50 bits per heavy atom. The van der Waals surface area contributed by atoms with Gasteiger partial charge in [-0.15, -0.1) is 0 Å². The Morgan fingerprint density at radius 2 is 2.22 bits per heavy atom. The fourth-order valence-electron chi connectivity index (χ4n) is 1.57. The second-order valence-electron chi connectivity index (χ2n) is 4.43. The predicted molar refractivity (Wildman–Crippen MR) is 68.7 cm³/mol. The molecule has 0 radical (unpaired) electrons. The number of alkyl carbamates (subject to hydrolysis) is 1. The number of halogens is 1. The van der Waals surface area contributed by atoms with Crippen LogP contribution < -0.4 is 5.32 Å². The summed E-state index contributed by atoms with van der Waals surface area (Å²) in [6.07, 6.45) is 1.23. The number of hydrogen-bond donors (Lipinski definition) is 2. The number of rotatable bonds is 5. The Labute approximate surface area is 111 Å². The number of carbonyl (C=O) groups excluding carboxylic acids is 1. The number of ether oxygens (including phenoxy) is 1. The van der Waals surface area contributed by atoms with Crippen molar-refractivity contribution in [3.05, 3.63) is 34.9 Å². The Balaban J connectivity index is 1.72. The minimum atomic E-state index is -0.670. The zero-order chi connectivity index (χ0) is 13.0. The lowest BCUT2D eigenvalue weighted by atomic mass is 10.1. The molecule has 2 rings (SSSR count). The Hall–Kier alpha value is -1.26. The number of nitrogens with one attached hydrogen (secondary N) is 1. The first-order valence-corrected chi connectivity index (χ1v) is 6.39. The summed E-state index contributed by atoms with van der Waals surface area (Å²) >= 11 is 5.98. The van der Waals surface area contributed by atoms with E-state index < -0.39 is 12.2 Å². The van der Waals surface area contributed by atoms with Crippen LogP contribution in [0.25, 0.3) is 0 Å². The number of amides is 1. The number of carbonyl (C=O) groups is 1. The van der Waals surface area contributed by atoms with Gasteiger partial charge in [0.2, 0.25) is 0 Å². The van der Waals surface area contributed by atoms with E-state index in [-0.39, 0.29) is 12.6 Å². The van der Waals surface area contributed by atoms with Crippen molar-refractivity contribution in [1.82, 2.24) is 5.32 Å². The lowest BCUT2D eigenvalue weighted by Gasteiger charge is -2.12. The van der Waals surface area contributed by atoms with Crippen molar-refractivity contribution >= 4 is 17.7 Å². The minimum Gasteiger partial charge on any atom is -0.446 e. The summed E-state index contributed by atoms with van der Waals surface area (Å²) in [6.45, 7) is 0.163. The average molecular weight is 270 g/mol. The van der Waals surface area contributed by atoms with Gasteiger partial charge in [0.15, 0.2) is 0 Å². The highest BCUT2D eigenvalue weighted by Gasteiger charge is 2.26.